The van der Waals surface area contributed by atoms with Gasteiger partial charge in [-0.1, -0.05) is 12.1 Å². The first-order chi connectivity index (χ1) is 14.5. The second-order valence-corrected chi connectivity index (χ2v) is 11.1. The lowest BCUT2D eigenvalue weighted by Gasteiger charge is -2.23. The van der Waals surface area contributed by atoms with Gasteiger partial charge in [0.05, 0.1) is 39.7 Å². The maximum atomic E-state index is 12.9. The molecule has 0 saturated carbocycles. The van der Waals surface area contributed by atoms with E-state index in [0.29, 0.717) is 17.9 Å². The van der Waals surface area contributed by atoms with Gasteiger partial charge in [0.15, 0.2) is 0 Å². The van der Waals surface area contributed by atoms with Gasteiger partial charge in [0.25, 0.3) is 10.0 Å². The van der Waals surface area contributed by atoms with Crippen LogP contribution in [-0.4, -0.2) is 51.8 Å². The molecule has 0 radical (unpaired) electrons. The van der Waals surface area contributed by atoms with Crippen LogP contribution in [0.4, 0.5) is 11.4 Å². The number of nitrogens with zero attached hydrogens (tertiary/aromatic N) is 4. The second-order valence-electron chi connectivity index (χ2n) is 7.23. The summed E-state index contributed by atoms with van der Waals surface area (Å²) in [4.78, 5) is 6.01. The Morgan fingerprint density at radius 2 is 1.55 bits per heavy atom. The fourth-order valence-corrected chi connectivity index (χ4v) is 4.94. The molecule has 9 nitrogen and oxygen atoms in total. The Morgan fingerprint density at radius 1 is 0.935 bits per heavy atom. The topological polar surface area (TPSA) is 105 Å². The summed E-state index contributed by atoms with van der Waals surface area (Å²) in [5.41, 5.74) is 2.08. The zero-order chi connectivity index (χ0) is 22.8. The van der Waals surface area contributed by atoms with E-state index in [1.165, 1.54) is 38.4 Å². The van der Waals surface area contributed by atoms with Crippen LogP contribution < -0.4 is 9.62 Å². The third-order valence-electron chi connectivity index (χ3n) is 4.79. The number of para-hydroxylation sites is 2. The maximum absolute atomic E-state index is 12.9. The number of sulfonamides is 2. The Balaban J connectivity index is 1.86. The summed E-state index contributed by atoms with van der Waals surface area (Å²) in [7, 11) is -0.975. The first-order valence-corrected chi connectivity index (χ1v) is 12.3. The zero-order valence-electron chi connectivity index (χ0n) is 17.7. The molecule has 0 spiro atoms. The number of hydrogen-bond acceptors (Lipinski definition) is 6. The standard InChI is InChI=1S/C20H25N5O4S2/c1-23(2)31(28,29)18-11-9-17(10-12-18)30(26,27)22-19-7-5-6-8-20(19)24(3)14-16-13-21-15-25(16)4/h5-13,15,22H,14H2,1-4H3. The molecule has 1 aromatic heterocycles. The van der Waals surface area contributed by atoms with Gasteiger partial charge in [-0.05, 0) is 36.4 Å². The van der Waals surface area contributed by atoms with Crippen molar-refractivity contribution in [2.24, 2.45) is 7.05 Å². The molecule has 0 unspecified atom stereocenters. The molecule has 0 saturated heterocycles. The van der Waals surface area contributed by atoms with E-state index < -0.39 is 20.0 Å². The highest BCUT2D eigenvalue weighted by molar-refractivity contribution is 7.92. The van der Waals surface area contributed by atoms with E-state index in [0.717, 1.165) is 10.00 Å². The van der Waals surface area contributed by atoms with Crippen molar-refractivity contribution in [3.63, 3.8) is 0 Å². The Labute approximate surface area is 183 Å². The highest BCUT2D eigenvalue weighted by Crippen LogP contribution is 2.28. The van der Waals surface area contributed by atoms with Gasteiger partial charge in [-0.15, -0.1) is 0 Å². The van der Waals surface area contributed by atoms with Gasteiger partial charge in [-0.25, -0.2) is 26.1 Å². The monoisotopic (exact) mass is 463 g/mol. The van der Waals surface area contributed by atoms with Gasteiger partial charge in [-0.3, -0.25) is 4.72 Å². The fraction of sp³-hybridized carbons (Fsp3) is 0.250. The van der Waals surface area contributed by atoms with Crippen molar-refractivity contribution >= 4 is 31.4 Å². The SMILES string of the molecule is CN(Cc1cncn1C)c1ccccc1NS(=O)(=O)c1ccc(S(=O)(=O)N(C)C)cc1. The van der Waals surface area contributed by atoms with Gasteiger partial charge >= 0.3 is 0 Å². The highest BCUT2D eigenvalue weighted by Gasteiger charge is 2.21. The van der Waals surface area contributed by atoms with E-state index in [1.807, 2.05) is 35.7 Å². The lowest BCUT2D eigenvalue weighted by atomic mass is 10.2. The van der Waals surface area contributed by atoms with Crippen molar-refractivity contribution in [3.05, 3.63) is 66.7 Å². The Bertz CT molecular complexity index is 1270. The minimum atomic E-state index is -3.92. The Kier molecular flexibility index (Phi) is 6.39. The molecule has 3 aromatic rings. The lowest BCUT2D eigenvalue weighted by molar-refractivity contribution is 0.520. The summed E-state index contributed by atoms with van der Waals surface area (Å²) in [6.07, 6.45) is 3.46. The van der Waals surface area contributed by atoms with Crippen LogP contribution in [-0.2, 0) is 33.6 Å². The van der Waals surface area contributed by atoms with Crippen LogP contribution in [0, 0.1) is 0 Å². The molecule has 166 valence electrons. The predicted molar refractivity (Wildman–Crippen MR) is 120 cm³/mol. The largest absolute Gasteiger partial charge is 0.367 e. The normalized spacial score (nSPS) is 12.2. The van der Waals surface area contributed by atoms with Crippen molar-refractivity contribution in [1.82, 2.24) is 13.9 Å². The van der Waals surface area contributed by atoms with Crippen molar-refractivity contribution in [1.29, 1.82) is 0 Å². The molecule has 31 heavy (non-hydrogen) atoms. The molecule has 1 N–H and O–H groups in total. The minimum Gasteiger partial charge on any atom is -0.367 e. The van der Waals surface area contributed by atoms with Crippen LogP contribution in [0.5, 0.6) is 0 Å². The van der Waals surface area contributed by atoms with Crippen LogP contribution in [0.25, 0.3) is 0 Å². The van der Waals surface area contributed by atoms with Crippen LogP contribution >= 0.6 is 0 Å². The van der Waals surface area contributed by atoms with E-state index in [4.69, 9.17) is 0 Å². The highest BCUT2D eigenvalue weighted by atomic mass is 32.2. The molecular weight excluding hydrogens is 438 g/mol. The van der Waals surface area contributed by atoms with Gasteiger partial charge in [0.1, 0.15) is 0 Å². The molecule has 0 bridgehead atoms. The average molecular weight is 464 g/mol. The van der Waals surface area contributed by atoms with Crippen molar-refractivity contribution in [2.45, 2.75) is 16.3 Å². The van der Waals surface area contributed by atoms with Gasteiger partial charge in [-0.2, -0.15) is 0 Å². The number of hydrogen-bond donors (Lipinski definition) is 1. The van der Waals surface area contributed by atoms with E-state index in [9.17, 15) is 16.8 Å². The van der Waals surface area contributed by atoms with Gasteiger partial charge in [0, 0.05) is 34.4 Å². The third kappa shape index (κ3) is 4.89. The minimum absolute atomic E-state index is 0.0211. The summed E-state index contributed by atoms with van der Waals surface area (Å²) >= 11 is 0. The summed E-state index contributed by atoms with van der Waals surface area (Å²) in [5, 5.41) is 0. The molecule has 0 amide bonds. The number of nitrogens with one attached hydrogen (secondary N) is 1. The van der Waals surface area contributed by atoms with E-state index in [1.54, 1.807) is 24.7 Å². The molecule has 11 heteroatoms. The fourth-order valence-electron chi connectivity index (χ4n) is 2.96. The number of aryl methyl sites for hydroxylation is 1. The predicted octanol–water partition coefficient (Wildman–Crippen LogP) is 2.11. The van der Waals surface area contributed by atoms with Crippen LogP contribution in [0.1, 0.15) is 5.69 Å². The molecule has 0 fully saturated rings. The summed E-state index contributed by atoms with van der Waals surface area (Å²) in [6.45, 7) is 0.534. The molecule has 0 aliphatic carbocycles. The smallest absolute Gasteiger partial charge is 0.261 e. The van der Waals surface area contributed by atoms with Crippen LogP contribution in [0.3, 0.4) is 0 Å². The number of rotatable bonds is 8. The first kappa shape index (κ1) is 22.8. The van der Waals surface area contributed by atoms with Crippen molar-refractivity contribution < 1.29 is 16.8 Å². The van der Waals surface area contributed by atoms with Crippen LogP contribution in [0.15, 0.2) is 70.8 Å². The number of imidazole rings is 1. The molecule has 0 aliphatic heterocycles. The number of benzene rings is 2. The summed E-state index contributed by atoms with van der Waals surface area (Å²) in [6, 6.07) is 12.2. The molecular formula is C20H25N5O4S2. The van der Waals surface area contributed by atoms with Crippen LogP contribution in [0.2, 0.25) is 0 Å². The number of anilines is 2. The molecule has 0 aliphatic rings. The van der Waals surface area contributed by atoms with E-state index >= 15 is 0 Å². The molecule has 1 heterocycles. The van der Waals surface area contributed by atoms with E-state index in [-0.39, 0.29) is 9.79 Å². The lowest BCUT2D eigenvalue weighted by Crippen LogP contribution is -2.22. The Hall–Kier alpha value is -2.89. The zero-order valence-corrected chi connectivity index (χ0v) is 19.4. The maximum Gasteiger partial charge on any atom is 0.261 e. The third-order valence-corrected chi connectivity index (χ3v) is 8.00. The van der Waals surface area contributed by atoms with Crippen molar-refractivity contribution in [2.75, 3.05) is 30.8 Å². The first-order valence-electron chi connectivity index (χ1n) is 9.33. The van der Waals surface area contributed by atoms with E-state index in [2.05, 4.69) is 9.71 Å². The summed E-state index contributed by atoms with van der Waals surface area (Å²) in [5.74, 6) is 0. The van der Waals surface area contributed by atoms with Gasteiger partial charge in [0.2, 0.25) is 10.0 Å². The number of aromatic nitrogens is 2. The van der Waals surface area contributed by atoms with Crippen molar-refractivity contribution in [3.8, 4) is 0 Å². The van der Waals surface area contributed by atoms with Gasteiger partial charge < -0.3 is 9.47 Å². The molecule has 2 aromatic carbocycles. The molecule has 0 atom stereocenters. The second kappa shape index (κ2) is 8.69. The average Bonchev–Trinajstić information content (AvgIpc) is 3.12. The quantitative estimate of drug-likeness (QED) is 0.549. The molecule has 3 rings (SSSR count). The Morgan fingerprint density at radius 3 is 2.13 bits per heavy atom. The summed E-state index contributed by atoms with van der Waals surface area (Å²) < 4.78 is 55.9.